The molecule has 0 spiro atoms. The quantitative estimate of drug-likeness (QED) is 0.829. The van der Waals surface area contributed by atoms with Crippen LogP contribution in [-0.2, 0) is 4.79 Å². The van der Waals surface area contributed by atoms with Crippen LogP contribution in [0.4, 0.5) is 0 Å². The molecule has 0 aliphatic carbocycles. The van der Waals surface area contributed by atoms with Crippen LogP contribution in [-0.4, -0.2) is 20.1 Å². The Bertz CT molecular complexity index is 677. The minimum Gasteiger partial charge on any atom is -0.497 e. The normalized spacial score (nSPS) is 12.0. The summed E-state index contributed by atoms with van der Waals surface area (Å²) >= 11 is 0. The lowest BCUT2D eigenvalue weighted by atomic mass is 10.1. The lowest BCUT2D eigenvalue weighted by molar-refractivity contribution is -0.117. The van der Waals surface area contributed by atoms with Gasteiger partial charge >= 0.3 is 0 Å². The molecule has 0 heterocycles. The number of benzene rings is 2. The van der Waals surface area contributed by atoms with Gasteiger partial charge in [0.15, 0.2) is 0 Å². The molecule has 0 saturated carbocycles. The molecule has 4 heteroatoms. The summed E-state index contributed by atoms with van der Waals surface area (Å²) in [5.74, 6) is 1.40. The maximum atomic E-state index is 12.1. The maximum absolute atomic E-state index is 12.1. The summed E-state index contributed by atoms with van der Waals surface area (Å²) < 4.78 is 10.4. The number of methoxy groups -OCH3 is 2. The number of ether oxygens (including phenoxy) is 2. The third-order valence-electron chi connectivity index (χ3n) is 3.51. The van der Waals surface area contributed by atoms with Crippen LogP contribution < -0.4 is 14.8 Å². The van der Waals surface area contributed by atoms with Gasteiger partial charge in [-0.3, -0.25) is 4.79 Å². The number of hydrogen-bond donors (Lipinski definition) is 1. The first-order valence-electron chi connectivity index (χ1n) is 7.39. The molecule has 1 atom stereocenters. The number of nitrogens with one attached hydrogen (secondary N) is 1. The van der Waals surface area contributed by atoms with Crippen molar-refractivity contribution in [3.63, 3.8) is 0 Å². The Balaban J connectivity index is 1.99. The molecule has 0 aromatic heterocycles. The molecule has 0 radical (unpaired) electrons. The average Bonchev–Trinajstić information content (AvgIpc) is 2.60. The monoisotopic (exact) mass is 311 g/mol. The Labute approximate surface area is 136 Å². The van der Waals surface area contributed by atoms with Crippen LogP contribution in [0.2, 0.25) is 0 Å². The summed E-state index contributed by atoms with van der Waals surface area (Å²) in [6, 6.07) is 15.0. The highest BCUT2D eigenvalue weighted by Crippen LogP contribution is 2.24. The van der Waals surface area contributed by atoms with Crippen molar-refractivity contribution in [1.82, 2.24) is 5.32 Å². The predicted octanol–water partition coefficient (Wildman–Crippen LogP) is 3.59. The lowest BCUT2D eigenvalue weighted by Crippen LogP contribution is -2.24. The first-order chi connectivity index (χ1) is 11.1. The van der Waals surface area contributed by atoms with E-state index in [2.05, 4.69) is 5.32 Å². The number of carbonyl (C=O) groups excluding carboxylic acids is 1. The van der Waals surface area contributed by atoms with Gasteiger partial charge in [0.2, 0.25) is 5.91 Å². The van der Waals surface area contributed by atoms with Gasteiger partial charge in [-0.1, -0.05) is 30.3 Å². The molecular formula is C19H21NO3. The van der Waals surface area contributed by atoms with Crippen LogP contribution in [0.5, 0.6) is 11.5 Å². The van der Waals surface area contributed by atoms with Gasteiger partial charge in [-0.15, -0.1) is 0 Å². The van der Waals surface area contributed by atoms with E-state index in [0.717, 1.165) is 22.6 Å². The fourth-order valence-corrected chi connectivity index (χ4v) is 2.25. The van der Waals surface area contributed by atoms with E-state index < -0.39 is 0 Å². The van der Waals surface area contributed by atoms with Crippen molar-refractivity contribution in [2.24, 2.45) is 0 Å². The van der Waals surface area contributed by atoms with Gasteiger partial charge in [0.05, 0.1) is 20.3 Å². The molecule has 23 heavy (non-hydrogen) atoms. The highest BCUT2D eigenvalue weighted by atomic mass is 16.5. The molecule has 4 nitrogen and oxygen atoms in total. The van der Waals surface area contributed by atoms with E-state index in [1.807, 2.05) is 55.5 Å². The standard InChI is InChI=1S/C19H21NO3/c1-14(17-6-4-5-7-18(17)23-3)20-19(21)13-10-15-8-11-16(22-2)12-9-15/h4-14H,1-3H3,(H,20,21)/b13-10+. The van der Waals surface area contributed by atoms with E-state index in [-0.39, 0.29) is 11.9 Å². The van der Waals surface area contributed by atoms with Gasteiger partial charge in [0.1, 0.15) is 11.5 Å². The van der Waals surface area contributed by atoms with E-state index in [4.69, 9.17) is 9.47 Å². The van der Waals surface area contributed by atoms with Crippen molar-refractivity contribution >= 4 is 12.0 Å². The number of rotatable bonds is 6. The van der Waals surface area contributed by atoms with Crippen LogP contribution in [0, 0.1) is 0 Å². The van der Waals surface area contributed by atoms with E-state index >= 15 is 0 Å². The van der Waals surface area contributed by atoms with Crippen molar-refractivity contribution < 1.29 is 14.3 Å². The first kappa shape index (κ1) is 16.6. The fourth-order valence-electron chi connectivity index (χ4n) is 2.25. The predicted molar refractivity (Wildman–Crippen MR) is 91.6 cm³/mol. The molecule has 1 N–H and O–H groups in total. The Morgan fingerprint density at radius 2 is 1.74 bits per heavy atom. The molecule has 0 fully saturated rings. The van der Waals surface area contributed by atoms with Gasteiger partial charge in [0, 0.05) is 11.6 Å². The number of hydrogen-bond acceptors (Lipinski definition) is 3. The van der Waals surface area contributed by atoms with Gasteiger partial charge in [0.25, 0.3) is 0 Å². The minimum absolute atomic E-state index is 0.140. The number of amides is 1. The van der Waals surface area contributed by atoms with Crippen molar-refractivity contribution in [2.45, 2.75) is 13.0 Å². The minimum atomic E-state index is -0.153. The van der Waals surface area contributed by atoms with E-state index in [1.165, 1.54) is 6.08 Å². The van der Waals surface area contributed by atoms with Crippen molar-refractivity contribution in [2.75, 3.05) is 14.2 Å². The van der Waals surface area contributed by atoms with Gasteiger partial charge < -0.3 is 14.8 Å². The van der Waals surface area contributed by atoms with Crippen LogP contribution >= 0.6 is 0 Å². The molecule has 2 aromatic rings. The van der Waals surface area contributed by atoms with Crippen molar-refractivity contribution in [1.29, 1.82) is 0 Å². The zero-order chi connectivity index (χ0) is 16.7. The largest absolute Gasteiger partial charge is 0.497 e. The Hall–Kier alpha value is -2.75. The molecule has 120 valence electrons. The van der Waals surface area contributed by atoms with Crippen LogP contribution in [0.15, 0.2) is 54.6 Å². The van der Waals surface area contributed by atoms with Gasteiger partial charge in [-0.25, -0.2) is 0 Å². The molecule has 1 unspecified atom stereocenters. The van der Waals surface area contributed by atoms with Crippen LogP contribution in [0.1, 0.15) is 24.1 Å². The number of para-hydroxylation sites is 1. The first-order valence-corrected chi connectivity index (χ1v) is 7.39. The molecule has 0 bridgehead atoms. The molecule has 2 rings (SSSR count). The molecule has 0 aliphatic heterocycles. The summed E-state index contributed by atoms with van der Waals surface area (Å²) in [6.07, 6.45) is 3.29. The van der Waals surface area contributed by atoms with Crippen LogP contribution in [0.3, 0.4) is 0 Å². The van der Waals surface area contributed by atoms with E-state index in [9.17, 15) is 4.79 Å². The zero-order valence-corrected chi connectivity index (χ0v) is 13.6. The molecule has 2 aromatic carbocycles. The molecule has 0 saturated heterocycles. The van der Waals surface area contributed by atoms with Gasteiger partial charge in [-0.2, -0.15) is 0 Å². The average molecular weight is 311 g/mol. The molecule has 1 amide bonds. The third-order valence-corrected chi connectivity index (χ3v) is 3.51. The highest BCUT2D eigenvalue weighted by molar-refractivity contribution is 5.92. The van der Waals surface area contributed by atoms with Crippen LogP contribution in [0.25, 0.3) is 6.08 Å². The number of carbonyl (C=O) groups is 1. The van der Waals surface area contributed by atoms with E-state index in [1.54, 1.807) is 20.3 Å². The lowest BCUT2D eigenvalue weighted by Gasteiger charge is -2.16. The molecular weight excluding hydrogens is 290 g/mol. The van der Waals surface area contributed by atoms with E-state index in [0.29, 0.717) is 0 Å². The second-order valence-corrected chi connectivity index (χ2v) is 5.08. The maximum Gasteiger partial charge on any atom is 0.244 e. The zero-order valence-electron chi connectivity index (χ0n) is 13.6. The smallest absolute Gasteiger partial charge is 0.244 e. The summed E-state index contributed by atoms with van der Waals surface area (Å²) in [6.45, 7) is 1.93. The third kappa shape index (κ3) is 4.61. The Morgan fingerprint density at radius 1 is 1.04 bits per heavy atom. The second kappa shape index (κ2) is 8.03. The summed E-state index contributed by atoms with van der Waals surface area (Å²) in [5, 5.41) is 2.93. The summed E-state index contributed by atoms with van der Waals surface area (Å²) in [7, 11) is 3.24. The SMILES string of the molecule is COc1ccc(/C=C/C(=O)NC(C)c2ccccc2OC)cc1. The van der Waals surface area contributed by atoms with Gasteiger partial charge in [-0.05, 0) is 36.8 Å². The Morgan fingerprint density at radius 3 is 2.39 bits per heavy atom. The fraction of sp³-hybridized carbons (Fsp3) is 0.211. The molecule has 0 aliphatic rings. The highest BCUT2D eigenvalue weighted by Gasteiger charge is 2.11. The summed E-state index contributed by atoms with van der Waals surface area (Å²) in [5.41, 5.74) is 1.88. The summed E-state index contributed by atoms with van der Waals surface area (Å²) in [4.78, 5) is 12.1. The Kier molecular flexibility index (Phi) is 5.80. The van der Waals surface area contributed by atoms with Crippen molar-refractivity contribution in [3.8, 4) is 11.5 Å². The topological polar surface area (TPSA) is 47.6 Å². The van der Waals surface area contributed by atoms with Crippen molar-refractivity contribution in [3.05, 3.63) is 65.7 Å². The second-order valence-electron chi connectivity index (χ2n) is 5.08.